The lowest BCUT2D eigenvalue weighted by atomic mass is 10.3. The molecule has 1 heterocycles. The zero-order valence-electron chi connectivity index (χ0n) is 12.2. The van der Waals surface area contributed by atoms with Crippen molar-refractivity contribution in [2.45, 2.75) is 17.9 Å². The van der Waals surface area contributed by atoms with Crippen LogP contribution in [-0.4, -0.2) is 36.1 Å². The molecule has 10 heteroatoms. The quantitative estimate of drug-likeness (QED) is 0.575. The fraction of sp³-hybridized carbons (Fsp3) is 0.231. The minimum Gasteiger partial charge on any atom is -0.392 e. The molecule has 0 saturated heterocycles. The molecule has 8 nitrogen and oxygen atoms in total. The van der Waals surface area contributed by atoms with Crippen molar-refractivity contribution in [2.24, 2.45) is 5.14 Å². The van der Waals surface area contributed by atoms with Gasteiger partial charge < -0.3 is 15.7 Å². The summed E-state index contributed by atoms with van der Waals surface area (Å²) in [6.07, 6.45) is 1.05. The molecule has 1 aromatic heterocycles. The zero-order chi connectivity index (χ0) is 17.0. The number of nitrogens with one attached hydrogen (secondary N) is 2. The van der Waals surface area contributed by atoms with E-state index in [0.717, 1.165) is 0 Å². The van der Waals surface area contributed by atoms with Crippen molar-refractivity contribution in [1.82, 2.24) is 9.97 Å². The molecule has 0 amide bonds. The molecule has 0 fully saturated rings. The predicted octanol–water partition coefficient (Wildman–Crippen LogP) is 1.42. The third-order valence-electron chi connectivity index (χ3n) is 2.75. The Hall–Kier alpha value is -1.75. The second-order valence-corrected chi connectivity index (χ2v) is 7.23. The van der Waals surface area contributed by atoms with Gasteiger partial charge in [-0.3, -0.25) is 0 Å². The minimum atomic E-state index is -3.72. The van der Waals surface area contributed by atoms with Crippen molar-refractivity contribution in [3.05, 3.63) is 34.9 Å². The Morgan fingerprint density at radius 3 is 2.57 bits per heavy atom. The molecule has 0 bridgehead atoms. The lowest BCUT2D eigenvalue weighted by Crippen LogP contribution is -2.16. The highest BCUT2D eigenvalue weighted by Gasteiger charge is 2.09. The van der Waals surface area contributed by atoms with Crippen LogP contribution in [0.2, 0.25) is 0 Å². The van der Waals surface area contributed by atoms with Gasteiger partial charge in [-0.15, -0.1) is 0 Å². The summed E-state index contributed by atoms with van der Waals surface area (Å²) in [5.74, 6) is 0.856. The number of rotatable bonds is 6. The fourth-order valence-electron chi connectivity index (χ4n) is 1.65. The lowest BCUT2D eigenvalue weighted by molar-refractivity contribution is 0.208. The Labute approximate surface area is 142 Å². The van der Waals surface area contributed by atoms with Gasteiger partial charge in [0.05, 0.1) is 15.5 Å². The van der Waals surface area contributed by atoms with Crippen LogP contribution in [0.3, 0.4) is 0 Å². The van der Waals surface area contributed by atoms with Crippen LogP contribution in [-0.2, 0) is 10.0 Å². The molecule has 2 aromatic rings. The Morgan fingerprint density at radius 1 is 1.35 bits per heavy atom. The first kappa shape index (κ1) is 17.6. The van der Waals surface area contributed by atoms with E-state index in [-0.39, 0.29) is 4.90 Å². The number of anilines is 3. The molecule has 0 saturated carbocycles. The van der Waals surface area contributed by atoms with Crippen LogP contribution in [0, 0.1) is 0 Å². The monoisotopic (exact) mass is 401 g/mol. The summed E-state index contributed by atoms with van der Waals surface area (Å²) in [6, 6.07) is 5.91. The summed E-state index contributed by atoms with van der Waals surface area (Å²) in [5.41, 5.74) is 0.612. The van der Waals surface area contributed by atoms with E-state index >= 15 is 0 Å². The molecule has 1 atom stereocenters. The fourth-order valence-corrected chi connectivity index (χ4v) is 2.50. The number of aromatic nitrogens is 2. The average molecular weight is 402 g/mol. The Kier molecular flexibility index (Phi) is 5.52. The van der Waals surface area contributed by atoms with Gasteiger partial charge in [0.1, 0.15) is 5.82 Å². The Bertz CT molecular complexity index is 781. The molecular formula is C13H16BrN5O3S. The summed E-state index contributed by atoms with van der Waals surface area (Å²) in [5, 5.41) is 20.3. The normalized spacial score (nSPS) is 12.7. The molecule has 23 heavy (non-hydrogen) atoms. The zero-order valence-corrected chi connectivity index (χ0v) is 14.6. The van der Waals surface area contributed by atoms with Crippen molar-refractivity contribution in [2.75, 3.05) is 17.2 Å². The van der Waals surface area contributed by atoms with Crippen molar-refractivity contribution in [3.63, 3.8) is 0 Å². The number of benzene rings is 1. The summed E-state index contributed by atoms with van der Waals surface area (Å²) >= 11 is 3.32. The molecule has 1 unspecified atom stereocenters. The van der Waals surface area contributed by atoms with Gasteiger partial charge in [0, 0.05) is 18.4 Å². The topological polar surface area (TPSA) is 130 Å². The van der Waals surface area contributed by atoms with Crippen LogP contribution in [0.4, 0.5) is 17.5 Å². The average Bonchev–Trinajstić information content (AvgIpc) is 2.47. The van der Waals surface area contributed by atoms with Crippen LogP contribution >= 0.6 is 15.9 Å². The van der Waals surface area contributed by atoms with E-state index in [2.05, 4.69) is 36.5 Å². The molecular weight excluding hydrogens is 386 g/mol. The highest BCUT2D eigenvalue weighted by Crippen LogP contribution is 2.22. The first-order valence-corrected chi connectivity index (χ1v) is 8.94. The first-order valence-electron chi connectivity index (χ1n) is 6.60. The number of aliphatic hydroxyl groups excluding tert-OH is 1. The van der Waals surface area contributed by atoms with Crippen LogP contribution in [0.15, 0.2) is 39.8 Å². The van der Waals surface area contributed by atoms with Crippen LogP contribution in [0.1, 0.15) is 6.92 Å². The number of aliphatic hydroxyl groups is 1. The number of hydrogen-bond acceptors (Lipinski definition) is 7. The van der Waals surface area contributed by atoms with Crippen LogP contribution in [0.5, 0.6) is 0 Å². The molecule has 0 radical (unpaired) electrons. The molecule has 5 N–H and O–H groups in total. The standard InChI is InChI=1S/C13H16BrN5O3S/c1-8(20)6-16-12-11(14)7-17-13(19-12)18-9-2-4-10(5-3-9)23(15,21)22/h2-5,7-8,20H,6H2,1H3,(H2,15,21,22)(H2,16,17,18,19). The minimum absolute atomic E-state index is 0.0269. The van der Waals surface area contributed by atoms with E-state index in [1.165, 1.54) is 12.1 Å². The Balaban J connectivity index is 2.15. The van der Waals surface area contributed by atoms with Gasteiger partial charge in [-0.25, -0.2) is 18.5 Å². The summed E-state index contributed by atoms with van der Waals surface area (Å²) < 4.78 is 23.1. The van der Waals surface area contributed by atoms with Gasteiger partial charge in [-0.1, -0.05) is 0 Å². The number of halogens is 1. The van der Waals surface area contributed by atoms with Gasteiger partial charge in [0.2, 0.25) is 16.0 Å². The van der Waals surface area contributed by atoms with Crippen molar-refractivity contribution in [1.29, 1.82) is 0 Å². The lowest BCUT2D eigenvalue weighted by Gasteiger charge is -2.11. The SMILES string of the molecule is CC(O)CNc1nc(Nc2ccc(S(N)(=O)=O)cc2)ncc1Br. The van der Waals surface area contributed by atoms with Crippen molar-refractivity contribution < 1.29 is 13.5 Å². The summed E-state index contributed by atoms with van der Waals surface area (Å²) in [7, 11) is -3.72. The first-order chi connectivity index (χ1) is 10.8. The molecule has 0 aliphatic rings. The second-order valence-electron chi connectivity index (χ2n) is 4.81. The van der Waals surface area contributed by atoms with Crippen molar-refractivity contribution >= 4 is 43.4 Å². The Morgan fingerprint density at radius 2 is 2.00 bits per heavy atom. The van der Waals surface area contributed by atoms with Gasteiger partial charge in [0.25, 0.3) is 0 Å². The molecule has 0 spiro atoms. The maximum absolute atomic E-state index is 11.2. The van der Waals surface area contributed by atoms with E-state index < -0.39 is 16.1 Å². The summed E-state index contributed by atoms with van der Waals surface area (Å²) in [4.78, 5) is 8.42. The number of nitrogens with zero attached hydrogens (tertiary/aromatic N) is 2. The third-order valence-corrected chi connectivity index (χ3v) is 4.26. The van der Waals surface area contributed by atoms with Crippen LogP contribution < -0.4 is 15.8 Å². The number of sulfonamides is 1. The molecule has 0 aliphatic heterocycles. The predicted molar refractivity (Wildman–Crippen MR) is 91.0 cm³/mol. The highest BCUT2D eigenvalue weighted by molar-refractivity contribution is 9.10. The molecule has 0 aliphatic carbocycles. The maximum atomic E-state index is 11.2. The smallest absolute Gasteiger partial charge is 0.238 e. The van der Waals surface area contributed by atoms with E-state index in [0.29, 0.717) is 28.5 Å². The van der Waals surface area contributed by atoms with Gasteiger partial charge in [0.15, 0.2) is 0 Å². The molecule has 124 valence electrons. The third kappa shape index (κ3) is 5.13. The summed E-state index contributed by atoms with van der Waals surface area (Å²) in [6.45, 7) is 2.01. The van der Waals surface area contributed by atoms with E-state index in [4.69, 9.17) is 5.14 Å². The molecule has 2 rings (SSSR count). The van der Waals surface area contributed by atoms with E-state index in [1.54, 1.807) is 25.3 Å². The van der Waals surface area contributed by atoms with E-state index in [9.17, 15) is 13.5 Å². The van der Waals surface area contributed by atoms with Crippen molar-refractivity contribution in [3.8, 4) is 0 Å². The van der Waals surface area contributed by atoms with Gasteiger partial charge in [-0.2, -0.15) is 4.98 Å². The highest BCUT2D eigenvalue weighted by atomic mass is 79.9. The van der Waals surface area contributed by atoms with E-state index in [1.807, 2.05) is 0 Å². The van der Waals surface area contributed by atoms with Gasteiger partial charge >= 0.3 is 0 Å². The second kappa shape index (κ2) is 7.21. The number of primary sulfonamides is 1. The molecule has 1 aromatic carbocycles. The number of nitrogens with two attached hydrogens (primary N) is 1. The van der Waals surface area contributed by atoms with Gasteiger partial charge in [-0.05, 0) is 47.1 Å². The maximum Gasteiger partial charge on any atom is 0.238 e. The number of hydrogen-bond donors (Lipinski definition) is 4. The van der Waals surface area contributed by atoms with Crippen LogP contribution in [0.25, 0.3) is 0 Å². The largest absolute Gasteiger partial charge is 0.392 e.